The highest BCUT2D eigenvalue weighted by molar-refractivity contribution is 9.10. The smallest absolute Gasteiger partial charge is 0.305 e. The van der Waals surface area contributed by atoms with Gasteiger partial charge >= 0.3 is 5.97 Å². The Morgan fingerprint density at radius 2 is 1.66 bits per heavy atom. The van der Waals surface area contributed by atoms with Crippen molar-refractivity contribution < 1.29 is 28.5 Å². The Hall–Kier alpha value is -2.92. The van der Waals surface area contributed by atoms with Gasteiger partial charge < -0.3 is 23.8 Å². The van der Waals surface area contributed by atoms with E-state index < -0.39 is 0 Å². The van der Waals surface area contributed by atoms with E-state index >= 15 is 0 Å². The molecular formula is C46H58BrNO6S2. The average Bonchev–Trinajstić information content (AvgIpc) is 3.21. The molecule has 3 aliphatic rings. The summed E-state index contributed by atoms with van der Waals surface area (Å²) in [5, 5.41) is 0.576. The number of rotatable bonds is 22. The number of nitrogens with zero attached hydrogens (tertiary/aromatic N) is 1. The largest absolute Gasteiger partial charge is 0.493 e. The Bertz CT molecular complexity index is 1770. The lowest BCUT2D eigenvalue weighted by Gasteiger charge is -2.57. The summed E-state index contributed by atoms with van der Waals surface area (Å²) in [6, 6.07) is 23.7. The number of fused-ring (bicyclic) bond motifs is 1. The van der Waals surface area contributed by atoms with E-state index in [0.29, 0.717) is 42.8 Å². The van der Waals surface area contributed by atoms with Crippen molar-refractivity contribution in [1.29, 1.82) is 0 Å². The predicted octanol–water partition coefficient (Wildman–Crippen LogP) is 10.4. The fourth-order valence-electron chi connectivity index (χ4n) is 8.71. The van der Waals surface area contributed by atoms with Gasteiger partial charge in [0.1, 0.15) is 0 Å². The monoisotopic (exact) mass is 863 g/mol. The van der Waals surface area contributed by atoms with Gasteiger partial charge in [-0.15, -0.1) is 0 Å². The van der Waals surface area contributed by atoms with E-state index in [1.165, 1.54) is 23.1 Å². The van der Waals surface area contributed by atoms with Crippen molar-refractivity contribution in [2.24, 2.45) is 5.92 Å². The van der Waals surface area contributed by atoms with Crippen LogP contribution in [0.1, 0.15) is 86.5 Å². The quantitative estimate of drug-likeness (QED) is 0.0725. The molecule has 302 valence electrons. The highest BCUT2D eigenvalue weighted by Crippen LogP contribution is 2.59. The standard InChI is InChI=1S/C46H58BrNO6S2/c1-48-23-22-46-30-40(49)41(51-2)28-37(46)39(48)27-36-38(47)29-42(52-3)45(44(36)46)54-25-14-6-13-24-53-43(50)20-12-11-19-35(56-32-34-17-9-5-10-18-34)21-26-55-31-33-15-7-4-8-16-33/h4-5,7-10,15-18,28-29,35,37,39H,6,11-14,19-27,30-32H2,1-3H3/t35?,37?,39-,46+/m0/s1. The van der Waals surface area contributed by atoms with Crippen LogP contribution in [0, 0.1) is 5.92 Å². The number of piperidine rings is 1. The molecule has 1 saturated heterocycles. The van der Waals surface area contributed by atoms with Gasteiger partial charge in [-0.1, -0.05) is 83.0 Å². The zero-order chi connectivity index (χ0) is 39.3. The molecule has 3 aromatic carbocycles. The van der Waals surface area contributed by atoms with Gasteiger partial charge in [0.15, 0.2) is 23.0 Å². The second-order valence-electron chi connectivity index (χ2n) is 15.4. The lowest BCUT2D eigenvalue weighted by Crippen LogP contribution is -2.60. The SMILES string of the molecule is COC1=CC2[C@@H]3Cc4c(Br)cc(OC)c(OCCCCCOC(=O)CCCCC(CCSCc5ccccc5)SCc5ccccc5)c4[C@]2(CCN3C)CC1=O. The number of carbonyl (C=O) groups is 2. The van der Waals surface area contributed by atoms with Gasteiger partial charge in [0, 0.05) is 57.0 Å². The van der Waals surface area contributed by atoms with Gasteiger partial charge in [0.05, 0.1) is 27.4 Å². The third-order valence-corrected chi connectivity index (χ3v) is 15.0. The van der Waals surface area contributed by atoms with Gasteiger partial charge in [-0.2, -0.15) is 23.5 Å². The van der Waals surface area contributed by atoms with Crippen molar-refractivity contribution in [3.63, 3.8) is 0 Å². The van der Waals surface area contributed by atoms with E-state index in [4.69, 9.17) is 18.9 Å². The predicted molar refractivity (Wildman–Crippen MR) is 233 cm³/mol. The van der Waals surface area contributed by atoms with E-state index in [1.807, 2.05) is 29.6 Å². The Balaban J connectivity index is 0.928. The van der Waals surface area contributed by atoms with Crippen LogP contribution < -0.4 is 9.47 Å². The van der Waals surface area contributed by atoms with Crippen LogP contribution in [0.4, 0.5) is 0 Å². The molecule has 0 saturated carbocycles. The number of Topliss-reactive ketones (excluding diaryl/α,β-unsaturated/α-hetero) is 1. The molecule has 7 nitrogen and oxygen atoms in total. The molecule has 6 rings (SSSR count). The second-order valence-corrected chi connectivity index (χ2v) is 18.6. The zero-order valence-electron chi connectivity index (χ0n) is 33.3. The molecule has 1 fully saturated rings. The summed E-state index contributed by atoms with van der Waals surface area (Å²) in [4.78, 5) is 28.4. The molecule has 1 heterocycles. The molecule has 2 bridgehead atoms. The zero-order valence-corrected chi connectivity index (χ0v) is 36.5. The van der Waals surface area contributed by atoms with Gasteiger partial charge in [0.2, 0.25) is 0 Å². The minimum absolute atomic E-state index is 0.0470. The van der Waals surface area contributed by atoms with E-state index in [0.717, 1.165) is 91.0 Å². The highest BCUT2D eigenvalue weighted by atomic mass is 79.9. The van der Waals surface area contributed by atoms with Crippen LogP contribution >= 0.6 is 39.5 Å². The molecule has 1 aliphatic heterocycles. The maximum atomic E-state index is 13.3. The normalized spacial score (nSPS) is 20.7. The minimum Gasteiger partial charge on any atom is -0.493 e. The summed E-state index contributed by atoms with van der Waals surface area (Å²) in [5.41, 5.74) is 4.71. The lowest BCUT2D eigenvalue weighted by atomic mass is 9.53. The number of allylic oxidation sites excluding steroid dienone is 1. The topological polar surface area (TPSA) is 74.3 Å². The summed E-state index contributed by atoms with van der Waals surface area (Å²) in [6.45, 7) is 1.87. The van der Waals surface area contributed by atoms with Crippen LogP contribution in [-0.4, -0.2) is 74.7 Å². The molecule has 0 N–H and O–H groups in total. The molecule has 0 radical (unpaired) electrons. The van der Waals surface area contributed by atoms with E-state index in [1.54, 1.807) is 14.2 Å². The number of hydrogen-bond acceptors (Lipinski definition) is 9. The molecule has 56 heavy (non-hydrogen) atoms. The van der Waals surface area contributed by atoms with Crippen LogP contribution in [0.25, 0.3) is 0 Å². The number of ether oxygens (including phenoxy) is 4. The number of carbonyl (C=O) groups excluding carboxylic acids is 2. The number of benzene rings is 3. The molecule has 0 spiro atoms. The fraction of sp³-hybridized carbons (Fsp3) is 0.522. The number of unbranched alkanes of at least 4 members (excludes halogenated alkanes) is 3. The summed E-state index contributed by atoms with van der Waals surface area (Å²) in [5.74, 6) is 5.23. The number of likely N-dealkylation sites (tertiary alicyclic amines) is 1. The van der Waals surface area contributed by atoms with Crippen LogP contribution in [0.15, 0.2) is 83.0 Å². The number of methoxy groups -OCH3 is 2. The third kappa shape index (κ3) is 10.8. The first-order valence-electron chi connectivity index (χ1n) is 20.3. The van der Waals surface area contributed by atoms with Crippen LogP contribution in [0.2, 0.25) is 0 Å². The first-order chi connectivity index (χ1) is 27.3. The van der Waals surface area contributed by atoms with Crippen molar-refractivity contribution in [1.82, 2.24) is 4.90 Å². The highest BCUT2D eigenvalue weighted by Gasteiger charge is 2.57. The first kappa shape index (κ1) is 42.7. The average molecular weight is 865 g/mol. The maximum Gasteiger partial charge on any atom is 0.305 e. The molecule has 0 amide bonds. The Morgan fingerprint density at radius 3 is 2.39 bits per heavy atom. The Kier molecular flexibility index (Phi) is 16.1. The number of halogens is 1. The van der Waals surface area contributed by atoms with Gasteiger partial charge in [-0.25, -0.2) is 0 Å². The molecule has 2 unspecified atom stereocenters. The fourth-order valence-corrected chi connectivity index (χ4v) is 11.7. The van der Waals surface area contributed by atoms with Crippen molar-refractivity contribution in [2.45, 2.75) is 98.8 Å². The number of esters is 1. The van der Waals surface area contributed by atoms with Crippen molar-refractivity contribution in [3.05, 3.63) is 105 Å². The van der Waals surface area contributed by atoms with Crippen LogP contribution in [0.5, 0.6) is 11.5 Å². The maximum absolute atomic E-state index is 13.3. The number of likely N-dealkylation sites (N-methyl/N-ethyl adjacent to an activating group) is 1. The minimum atomic E-state index is -0.367. The lowest BCUT2D eigenvalue weighted by molar-refractivity contribution is -0.143. The van der Waals surface area contributed by atoms with E-state index in [2.05, 4.69) is 94.6 Å². The van der Waals surface area contributed by atoms with Gasteiger partial charge in [-0.05, 0) is 99.5 Å². The van der Waals surface area contributed by atoms with Crippen molar-refractivity contribution in [2.75, 3.05) is 46.8 Å². The van der Waals surface area contributed by atoms with Gasteiger partial charge in [0.25, 0.3) is 0 Å². The third-order valence-electron chi connectivity index (χ3n) is 11.7. The summed E-state index contributed by atoms with van der Waals surface area (Å²) in [7, 11) is 5.45. The van der Waals surface area contributed by atoms with E-state index in [9.17, 15) is 9.59 Å². The van der Waals surface area contributed by atoms with Crippen LogP contribution in [0.3, 0.4) is 0 Å². The second kappa shape index (κ2) is 21.2. The molecule has 4 atom stereocenters. The van der Waals surface area contributed by atoms with Gasteiger partial charge in [-0.3, -0.25) is 9.59 Å². The summed E-state index contributed by atoms with van der Waals surface area (Å²) >= 11 is 7.91. The number of thioether (sulfide) groups is 2. The van der Waals surface area contributed by atoms with Crippen molar-refractivity contribution in [3.8, 4) is 11.5 Å². The van der Waals surface area contributed by atoms with Crippen molar-refractivity contribution >= 4 is 51.2 Å². The molecule has 2 aliphatic carbocycles. The molecular weight excluding hydrogens is 807 g/mol. The first-order valence-corrected chi connectivity index (χ1v) is 23.3. The Morgan fingerprint density at radius 1 is 0.929 bits per heavy atom. The van der Waals surface area contributed by atoms with E-state index in [-0.39, 0.29) is 29.1 Å². The Labute approximate surface area is 351 Å². The van der Waals surface area contributed by atoms with Crippen LogP contribution in [-0.2, 0) is 42.4 Å². The molecule has 3 aromatic rings. The molecule has 10 heteroatoms. The summed E-state index contributed by atoms with van der Waals surface area (Å²) in [6.07, 6.45) is 11.3. The summed E-state index contributed by atoms with van der Waals surface area (Å²) < 4.78 is 24.7. The number of ketones is 1. The molecule has 0 aromatic heterocycles. The number of hydrogen-bond donors (Lipinski definition) is 0.